The van der Waals surface area contributed by atoms with E-state index in [4.69, 9.17) is 31.4 Å². The monoisotopic (exact) mass is 1130 g/mol. The summed E-state index contributed by atoms with van der Waals surface area (Å²) in [6, 6.07) is 14.6. The van der Waals surface area contributed by atoms with Crippen molar-refractivity contribution in [2.75, 3.05) is 34.5 Å². The molecule has 6 nitrogen and oxygen atoms in total. The van der Waals surface area contributed by atoms with Crippen LogP contribution in [0.4, 0.5) is 11.6 Å². The molecule has 8 rings (SSSR count). The lowest BCUT2D eigenvalue weighted by molar-refractivity contribution is 0.706. The Labute approximate surface area is 476 Å². The average molecular weight is 1130 g/mol. The Morgan fingerprint density at radius 3 is 0.986 bits per heavy atom. The molecule has 0 fully saturated rings. The van der Waals surface area contributed by atoms with Crippen molar-refractivity contribution in [3.8, 4) is 0 Å². The summed E-state index contributed by atoms with van der Waals surface area (Å²) in [6.45, 7) is 13.8. The van der Waals surface area contributed by atoms with Crippen LogP contribution in [0.1, 0.15) is 207 Å². The van der Waals surface area contributed by atoms with E-state index in [1.54, 1.807) is 0 Å². The summed E-state index contributed by atoms with van der Waals surface area (Å²) in [6.07, 6.45) is 29.5. The highest BCUT2D eigenvalue weighted by Gasteiger charge is 2.37. The maximum absolute atomic E-state index is 8.09. The van der Waals surface area contributed by atoms with Crippen molar-refractivity contribution < 1.29 is 0 Å². The summed E-state index contributed by atoms with van der Waals surface area (Å²) in [7, 11) is 0. The molecule has 5 heterocycles. The van der Waals surface area contributed by atoms with Crippen LogP contribution in [-0.4, -0.2) is 61.5 Å². The van der Waals surface area contributed by atoms with Crippen molar-refractivity contribution in [3.63, 3.8) is 0 Å². The van der Waals surface area contributed by atoms with E-state index in [-0.39, 0.29) is 0 Å². The molecule has 0 saturated carbocycles. The number of hydrogen-bond donors (Lipinski definition) is 0. The smallest absolute Gasteiger partial charge is 0.319 e. The van der Waals surface area contributed by atoms with Gasteiger partial charge in [-0.15, -0.1) is 82.0 Å². The minimum absolute atomic E-state index is 0.634. The summed E-state index contributed by atoms with van der Waals surface area (Å²) in [4.78, 5) is 30.8. The van der Waals surface area contributed by atoms with Gasteiger partial charge in [-0.05, 0) is 109 Å². The SMILES string of the molecule is CCCCCCSc1cc2c(cc1SCCCCCC)C1=Nc3c4cc(SCCCCCC)c(SCCCCCC)cc4c4n3B(Cl)n3c(c5cc(SCCCCCC)c(SCCCCCC)cc5c3=N4)=NC2=N1. The fraction of sp³-hybridized carbons (Fsp3) is 0.600. The minimum Gasteiger partial charge on any atom is -0.319 e. The van der Waals surface area contributed by atoms with Crippen molar-refractivity contribution in [1.82, 2.24) is 8.96 Å². The highest BCUT2D eigenvalue weighted by atomic mass is 35.5. The third-order valence-electron chi connectivity index (χ3n) is 14.4. The van der Waals surface area contributed by atoms with Gasteiger partial charge >= 0.3 is 6.40 Å². The molecular weight excluding hydrogens is 1040 g/mol. The molecule has 5 aromatic rings. The number of rotatable bonds is 36. The number of hydrogen-bond acceptors (Lipinski definition) is 10. The van der Waals surface area contributed by atoms with E-state index in [9.17, 15) is 0 Å². The molecule has 74 heavy (non-hydrogen) atoms. The maximum atomic E-state index is 8.09. The van der Waals surface area contributed by atoms with Gasteiger partial charge in [-0.3, -0.25) is 0 Å². The molecule has 0 unspecified atom stereocenters. The number of unbranched alkanes of at least 4 members (excludes halogenated alkanes) is 18. The van der Waals surface area contributed by atoms with Crippen molar-refractivity contribution in [1.29, 1.82) is 0 Å². The largest absolute Gasteiger partial charge is 0.499 e. The van der Waals surface area contributed by atoms with E-state index in [2.05, 4.69) is 86.9 Å². The van der Waals surface area contributed by atoms with Crippen LogP contribution in [0.25, 0.3) is 21.5 Å². The lowest BCUT2D eigenvalue weighted by Gasteiger charge is -2.18. The van der Waals surface area contributed by atoms with Crippen molar-refractivity contribution >= 4 is 133 Å². The molecule has 2 aromatic heterocycles. The fourth-order valence-electron chi connectivity index (χ4n) is 10.1. The van der Waals surface area contributed by atoms with Crippen LogP contribution >= 0.6 is 82.0 Å². The van der Waals surface area contributed by atoms with Crippen molar-refractivity contribution in [2.24, 2.45) is 20.0 Å². The Bertz CT molecular complexity index is 2840. The zero-order chi connectivity index (χ0) is 51.7. The van der Waals surface area contributed by atoms with Gasteiger partial charge in [-0.25, -0.2) is 20.0 Å². The third-order valence-corrected chi connectivity index (χ3v) is 22.0. The van der Waals surface area contributed by atoms with Crippen LogP contribution in [0.15, 0.2) is 85.7 Å². The van der Waals surface area contributed by atoms with Gasteiger partial charge < -0.3 is 8.96 Å². The zero-order valence-corrected chi connectivity index (χ0v) is 51.4. The first-order chi connectivity index (χ1) is 36.4. The summed E-state index contributed by atoms with van der Waals surface area (Å²) >= 11 is 20.2. The molecule has 0 saturated heterocycles. The molecule has 0 aliphatic carbocycles. The molecule has 0 spiro atoms. The van der Waals surface area contributed by atoms with Crippen LogP contribution in [0.3, 0.4) is 0 Å². The third kappa shape index (κ3) is 14.5. The number of nitrogens with zero attached hydrogens (tertiary/aromatic N) is 6. The molecule has 4 bridgehead atoms. The number of amidine groups is 2. The Kier molecular flexibility index (Phi) is 24.0. The van der Waals surface area contributed by atoms with Gasteiger partial charge in [0, 0.05) is 62.0 Å². The van der Waals surface area contributed by atoms with Crippen LogP contribution in [0, 0.1) is 0 Å². The maximum Gasteiger partial charge on any atom is 0.499 e. The molecule has 0 amide bonds. The lowest BCUT2D eigenvalue weighted by atomic mass is 10.1. The molecule has 14 heteroatoms. The van der Waals surface area contributed by atoms with E-state index in [0.717, 1.165) is 101 Å². The number of benzene rings is 3. The van der Waals surface area contributed by atoms with E-state index in [0.29, 0.717) is 0 Å². The normalized spacial score (nSPS) is 13.5. The molecule has 0 atom stereocenters. The van der Waals surface area contributed by atoms with Gasteiger partial charge in [0.15, 0.2) is 11.7 Å². The first kappa shape index (κ1) is 58.3. The number of halogens is 1. The Balaban J connectivity index is 1.35. The Hall–Kier alpha value is -1.87. The highest BCUT2D eigenvalue weighted by Crippen LogP contribution is 2.47. The first-order valence-corrected chi connectivity index (χ1v) is 35.4. The number of aromatic nitrogens is 2. The summed E-state index contributed by atoms with van der Waals surface area (Å²) in [5.41, 5.74) is 3.86. The zero-order valence-electron chi connectivity index (χ0n) is 45.8. The topological polar surface area (TPSA) is 59.3 Å². The van der Waals surface area contributed by atoms with E-state index in [1.807, 2.05) is 70.6 Å². The van der Waals surface area contributed by atoms with E-state index < -0.39 is 6.40 Å². The molecule has 400 valence electrons. The van der Waals surface area contributed by atoms with Gasteiger partial charge in [0.05, 0.1) is 0 Å². The number of aliphatic imine (C=N–C) groups is 2. The fourth-order valence-corrected chi connectivity index (χ4v) is 17.4. The molecule has 3 aromatic carbocycles. The predicted octanol–water partition coefficient (Wildman–Crippen LogP) is 20.0. The summed E-state index contributed by atoms with van der Waals surface area (Å²) in [5.74, 6) is 9.81. The van der Waals surface area contributed by atoms with Gasteiger partial charge in [0.25, 0.3) is 0 Å². The number of thioether (sulfide) groups is 6. The van der Waals surface area contributed by atoms with E-state index >= 15 is 0 Å². The molecule has 3 aliphatic heterocycles. The second-order valence-corrected chi connectivity index (χ2v) is 27.6. The van der Waals surface area contributed by atoms with Crippen molar-refractivity contribution in [3.05, 3.63) is 58.5 Å². The second-order valence-electron chi connectivity index (χ2n) is 20.4. The van der Waals surface area contributed by atoms with Crippen LogP contribution in [-0.2, 0) is 0 Å². The standard InChI is InChI=1S/C60H84BClN6S6/c1-7-13-19-25-31-69-49-37-43-44(38-50(49)70-32-26-20-14-8-2)56-63-55(43)64-57-45-39-51(71-33-27-21-15-9-3)53(73-35-29-23-17-11-5)41-47(45)59-66-60-48-42-54(74-36-30-24-18-12-6)52(72-34-28-22-16-10-4)40-46(48)58(65-56)68(60)61(62)67(57)59/h37-42H,7-36H2,1-6H3. The van der Waals surface area contributed by atoms with E-state index in [1.165, 1.54) is 183 Å². The predicted molar refractivity (Wildman–Crippen MR) is 337 cm³/mol. The lowest BCUT2D eigenvalue weighted by Crippen LogP contribution is -2.44. The van der Waals surface area contributed by atoms with Crippen LogP contribution in [0.5, 0.6) is 0 Å². The van der Waals surface area contributed by atoms with Gasteiger partial charge in [0.1, 0.15) is 22.6 Å². The van der Waals surface area contributed by atoms with Gasteiger partial charge in [-0.2, -0.15) is 0 Å². The van der Waals surface area contributed by atoms with Crippen molar-refractivity contribution in [2.45, 2.75) is 225 Å². The molecule has 3 aliphatic rings. The molecular formula is C60H84BClN6S6. The number of fused-ring (bicyclic) bond motifs is 10. The molecule has 0 radical (unpaired) electrons. The first-order valence-electron chi connectivity index (χ1n) is 29.1. The van der Waals surface area contributed by atoms with Crippen LogP contribution in [0.2, 0.25) is 0 Å². The van der Waals surface area contributed by atoms with Gasteiger partial charge in [0.2, 0.25) is 0 Å². The van der Waals surface area contributed by atoms with Gasteiger partial charge in [-0.1, -0.05) is 157 Å². The molecule has 0 N–H and O–H groups in total. The average Bonchev–Trinajstić information content (AvgIpc) is 4.03. The minimum atomic E-state index is -0.634. The second kappa shape index (κ2) is 30.5. The highest BCUT2D eigenvalue weighted by molar-refractivity contribution is 8.03. The summed E-state index contributed by atoms with van der Waals surface area (Å²) in [5, 5.41) is 4.43. The Morgan fingerprint density at radius 1 is 0.338 bits per heavy atom. The summed E-state index contributed by atoms with van der Waals surface area (Å²) < 4.78 is 4.43. The van der Waals surface area contributed by atoms with Crippen LogP contribution < -0.4 is 11.0 Å². The Morgan fingerprint density at radius 2 is 0.635 bits per heavy atom. The quantitative estimate of drug-likeness (QED) is 0.0226.